The maximum absolute atomic E-state index is 3.48. The van der Waals surface area contributed by atoms with Crippen molar-refractivity contribution < 1.29 is 0 Å². The lowest BCUT2D eigenvalue weighted by Gasteiger charge is -1.95. The predicted octanol–water partition coefficient (Wildman–Crippen LogP) is 14.7. The molecule has 0 unspecified atom stereocenters. The highest BCUT2D eigenvalue weighted by atomic mass is 13.9. The lowest BCUT2D eigenvalue weighted by atomic mass is 10.1. The van der Waals surface area contributed by atoms with Crippen LogP contribution >= 0.6 is 0 Å². The van der Waals surface area contributed by atoms with Crippen molar-refractivity contribution in [2.45, 2.75) is 182 Å². The van der Waals surface area contributed by atoms with E-state index in [1.54, 1.807) is 0 Å². The van der Waals surface area contributed by atoms with E-state index in [0.29, 0.717) is 0 Å². The summed E-state index contributed by atoms with van der Waals surface area (Å²) in [5.74, 6) is 1.62. The molecule has 0 nitrogen and oxygen atoms in total. The standard InChI is InChI=1S/C6H14.C6H12.C5H10.2C4H10.C4H8.2C3H8/c2*1-4-5-6(2)3;1-3-5-4-2;3*1-3-4-2;2*1-3-2/h6H,4-5H2,1-3H3;4-6H,1-3H3;3,5H,4H2,1-2H3;2*3-4H2,1-2H3;3H,1,4H2,2H3;2*3H2,1-2H3/b;5-4-;;;;;;. The third kappa shape index (κ3) is 310. The Morgan fingerprint density at radius 2 is 0.857 bits per heavy atom. The summed E-state index contributed by atoms with van der Waals surface area (Å²) in [4.78, 5) is 0. The fourth-order valence-electron chi connectivity index (χ4n) is 1.20. The molecule has 0 atom stereocenters. The van der Waals surface area contributed by atoms with Crippen molar-refractivity contribution in [3.05, 3.63) is 37.0 Å². The van der Waals surface area contributed by atoms with Crippen LogP contribution in [0.1, 0.15) is 182 Å². The molecular formula is C35H80. The molecule has 0 saturated heterocycles. The van der Waals surface area contributed by atoms with Gasteiger partial charge in [-0.2, -0.15) is 0 Å². The predicted molar refractivity (Wildman–Crippen MR) is 178 cm³/mol. The average Bonchev–Trinajstić information content (AvgIpc) is 2.82. The van der Waals surface area contributed by atoms with E-state index < -0.39 is 0 Å². The van der Waals surface area contributed by atoms with Gasteiger partial charge >= 0.3 is 0 Å². The summed E-state index contributed by atoms with van der Waals surface area (Å²) in [6.45, 7) is 40.0. The molecule has 0 N–H and O–H groups in total. The Hall–Kier alpha value is -0.780. The van der Waals surface area contributed by atoms with Crippen LogP contribution in [0.15, 0.2) is 37.0 Å². The van der Waals surface area contributed by atoms with Crippen LogP contribution in [0.25, 0.3) is 0 Å². The SMILES string of the molecule is C/C=C\C(C)C.C=CCC.CC=CCC.CCC.CCC.CCCC.CCCC.CCCC(C)C. The molecular weight excluding hydrogens is 420 g/mol. The molecule has 0 aliphatic rings. The Morgan fingerprint density at radius 3 is 0.857 bits per heavy atom. The van der Waals surface area contributed by atoms with Gasteiger partial charge in [-0.15, -0.1) is 6.58 Å². The molecule has 0 aromatic heterocycles. The minimum atomic E-state index is 0.718. The van der Waals surface area contributed by atoms with Gasteiger partial charge in [0.25, 0.3) is 0 Å². The van der Waals surface area contributed by atoms with E-state index in [-0.39, 0.29) is 0 Å². The Kier molecular flexibility index (Phi) is 132. The maximum Gasteiger partial charge on any atom is -0.0291 e. The van der Waals surface area contributed by atoms with Gasteiger partial charge in [0.1, 0.15) is 0 Å². The van der Waals surface area contributed by atoms with E-state index in [0.717, 1.165) is 24.7 Å². The summed E-state index contributed by atoms with van der Waals surface area (Å²) < 4.78 is 0. The van der Waals surface area contributed by atoms with Gasteiger partial charge in [-0.1, -0.05) is 186 Å². The Balaban J connectivity index is -0.0000000402. The first kappa shape index (κ1) is 54.9. The first-order valence-electron chi connectivity index (χ1n) is 15.4. The zero-order valence-corrected chi connectivity index (χ0v) is 28.8. The quantitative estimate of drug-likeness (QED) is 0.305. The molecule has 0 saturated carbocycles. The molecule has 0 radical (unpaired) electrons. The van der Waals surface area contributed by atoms with E-state index in [1.165, 1.54) is 51.4 Å². The summed E-state index contributed by atoms with van der Waals surface area (Å²) >= 11 is 0. The topological polar surface area (TPSA) is 0 Å². The molecule has 0 amide bonds. The van der Waals surface area contributed by atoms with Gasteiger partial charge in [-0.3, -0.25) is 0 Å². The fraction of sp³-hybridized carbons (Fsp3) is 0.829. The van der Waals surface area contributed by atoms with Crippen LogP contribution in [0.3, 0.4) is 0 Å². The molecule has 35 heavy (non-hydrogen) atoms. The molecule has 220 valence electrons. The molecule has 0 aliphatic carbocycles. The molecule has 0 heterocycles. The Bertz CT molecular complexity index is 258. The Morgan fingerprint density at radius 1 is 0.543 bits per heavy atom. The van der Waals surface area contributed by atoms with Crippen molar-refractivity contribution in [3.8, 4) is 0 Å². The van der Waals surface area contributed by atoms with Gasteiger partial charge in [0.2, 0.25) is 0 Å². The molecule has 0 bridgehead atoms. The van der Waals surface area contributed by atoms with Gasteiger partial charge < -0.3 is 0 Å². The molecule has 0 spiro atoms. The highest BCUT2D eigenvalue weighted by Crippen LogP contribution is 2.00. The lowest BCUT2D eigenvalue weighted by molar-refractivity contribution is 0.576. The molecule has 0 aromatic carbocycles. The fourth-order valence-corrected chi connectivity index (χ4v) is 1.20. The average molecular weight is 501 g/mol. The van der Waals surface area contributed by atoms with Crippen LogP contribution in [0.2, 0.25) is 0 Å². The van der Waals surface area contributed by atoms with E-state index in [9.17, 15) is 0 Å². The second kappa shape index (κ2) is 84.4. The van der Waals surface area contributed by atoms with Crippen LogP contribution < -0.4 is 0 Å². The Labute approximate surface area is 230 Å². The van der Waals surface area contributed by atoms with Crippen molar-refractivity contribution >= 4 is 0 Å². The smallest absolute Gasteiger partial charge is 0.0291 e. The summed E-state index contributed by atoms with van der Waals surface area (Å²) in [6, 6.07) is 0. The molecule has 0 rings (SSSR count). The maximum atomic E-state index is 3.48. The second-order valence-corrected chi connectivity index (χ2v) is 9.04. The van der Waals surface area contributed by atoms with E-state index in [4.69, 9.17) is 0 Å². The minimum Gasteiger partial charge on any atom is -0.103 e. The van der Waals surface area contributed by atoms with Crippen molar-refractivity contribution in [2.75, 3.05) is 0 Å². The largest absolute Gasteiger partial charge is 0.103 e. The summed E-state index contributed by atoms with van der Waals surface area (Å²) in [7, 11) is 0. The summed E-state index contributed by atoms with van der Waals surface area (Å²) in [6.07, 6.45) is 23.0. The monoisotopic (exact) mass is 501 g/mol. The van der Waals surface area contributed by atoms with Crippen molar-refractivity contribution in [2.24, 2.45) is 11.8 Å². The zero-order chi connectivity index (χ0) is 29.8. The van der Waals surface area contributed by atoms with E-state index in [2.05, 4.69) is 135 Å². The van der Waals surface area contributed by atoms with Crippen molar-refractivity contribution in [1.29, 1.82) is 0 Å². The van der Waals surface area contributed by atoms with Crippen LogP contribution in [-0.2, 0) is 0 Å². The van der Waals surface area contributed by atoms with Crippen LogP contribution in [0, 0.1) is 11.8 Å². The van der Waals surface area contributed by atoms with E-state index in [1.807, 2.05) is 19.9 Å². The second-order valence-electron chi connectivity index (χ2n) is 9.04. The van der Waals surface area contributed by atoms with Crippen molar-refractivity contribution in [3.63, 3.8) is 0 Å². The highest BCUT2D eigenvalue weighted by Gasteiger charge is 1.85. The number of unbranched alkanes of at least 4 members (excludes halogenated alkanes) is 2. The number of hydrogen-bond donors (Lipinski definition) is 0. The van der Waals surface area contributed by atoms with Gasteiger partial charge in [0.15, 0.2) is 0 Å². The molecule has 0 aliphatic heterocycles. The summed E-state index contributed by atoms with van der Waals surface area (Å²) in [5, 5.41) is 0. The third-order valence-electron chi connectivity index (χ3n) is 3.20. The van der Waals surface area contributed by atoms with Gasteiger partial charge in [0.05, 0.1) is 0 Å². The van der Waals surface area contributed by atoms with Crippen molar-refractivity contribution in [1.82, 2.24) is 0 Å². The van der Waals surface area contributed by atoms with Gasteiger partial charge in [-0.25, -0.2) is 0 Å². The highest BCUT2D eigenvalue weighted by molar-refractivity contribution is 4.79. The number of hydrogen-bond acceptors (Lipinski definition) is 0. The van der Waals surface area contributed by atoms with Crippen LogP contribution in [0.5, 0.6) is 0 Å². The summed E-state index contributed by atoms with van der Waals surface area (Å²) in [5.41, 5.74) is 0. The van der Waals surface area contributed by atoms with Gasteiger partial charge in [0, 0.05) is 0 Å². The molecule has 0 heteroatoms. The lowest BCUT2D eigenvalue weighted by Crippen LogP contribution is -1.81. The third-order valence-corrected chi connectivity index (χ3v) is 3.20. The zero-order valence-electron chi connectivity index (χ0n) is 28.8. The van der Waals surface area contributed by atoms with Gasteiger partial charge in [-0.05, 0) is 38.5 Å². The number of allylic oxidation sites excluding steroid dienone is 5. The molecule has 0 fully saturated rings. The van der Waals surface area contributed by atoms with Crippen LogP contribution in [0.4, 0.5) is 0 Å². The molecule has 0 aromatic rings. The normalized spacial score (nSPS) is 8.54. The van der Waals surface area contributed by atoms with E-state index >= 15 is 0 Å². The van der Waals surface area contributed by atoms with Crippen LogP contribution in [-0.4, -0.2) is 0 Å². The number of rotatable bonds is 7. The first-order chi connectivity index (χ1) is 16.5. The first-order valence-corrected chi connectivity index (χ1v) is 15.4. The minimum absolute atomic E-state index is 0.718.